The fraction of sp³-hybridized carbons (Fsp3) is 0.448. The first-order valence-corrected chi connectivity index (χ1v) is 17.4. The molecule has 0 spiro atoms. The van der Waals surface area contributed by atoms with Crippen molar-refractivity contribution in [2.24, 2.45) is 5.92 Å². The molecular weight excluding hydrogens is 590 g/mol. The number of aromatic amines is 1. The zero-order chi connectivity index (χ0) is 30.4. The van der Waals surface area contributed by atoms with Crippen molar-refractivity contribution in [2.75, 3.05) is 26.2 Å². The molecule has 4 aromatic rings. The number of sulfonamides is 2. The summed E-state index contributed by atoms with van der Waals surface area (Å²) >= 11 is 0. The number of nitrogens with one attached hydrogen (secondary N) is 1. The third-order valence-corrected chi connectivity index (χ3v) is 12.2. The summed E-state index contributed by atoms with van der Waals surface area (Å²) in [6.45, 7) is 5.87. The molecule has 0 bridgehead atoms. The minimum atomic E-state index is -3.92. The second-order valence-corrected chi connectivity index (χ2v) is 15.5. The maximum atomic E-state index is 13.6. The molecule has 0 radical (unpaired) electrons. The molecule has 1 N–H and O–H groups in total. The third-order valence-electron chi connectivity index (χ3n) is 8.46. The van der Waals surface area contributed by atoms with Gasteiger partial charge in [0.15, 0.2) is 11.2 Å². The van der Waals surface area contributed by atoms with Crippen molar-refractivity contribution < 1.29 is 16.8 Å². The van der Waals surface area contributed by atoms with Gasteiger partial charge in [0.25, 0.3) is 5.56 Å². The standard InChI is InChI=1S/C29H35N7O5S2/c1-20-5-7-22(8-6-20)18-36-28-26(32-33-36)29(37)31-27(30-28)23-4-3-15-35(19-23)43(40,41)25-11-9-24(10-12-25)42(38,39)34-16-13-21(2)14-17-34/h5-12,21,23H,3-4,13-19H2,1-2H3,(H,30,31,37)/t23-/m1/s1. The highest BCUT2D eigenvalue weighted by atomic mass is 32.2. The first kappa shape index (κ1) is 29.6. The van der Waals surface area contributed by atoms with Gasteiger partial charge >= 0.3 is 0 Å². The topological polar surface area (TPSA) is 151 Å². The van der Waals surface area contributed by atoms with E-state index in [9.17, 15) is 21.6 Å². The summed E-state index contributed by atoms with van der Waals surface area (Å²) in [6.07, 6.45) is 2.83. The molecule has 2 aromatic heterocycles. The van der Waals surface area contributed by atoms with Crippen LogP contribution in [0.1, 0.15) is 55.5 Å². The lowest BCUT2D eigenvalue weighted by molar-refractivity contribution is 0.288. The highest BCUT2D eigenvalue weighted by molar-refractivity contribution is 7.89. The van der Waals surface area contributed by atoms with Gasteiger partial charge < -0.3 is 4.98 Å². The van der Waals surface area contributed by atoms with Crippen molar-refractivity contribution in [3.8, 4) is 0 Å². The van der Waals surface area contributed by atoms with Gasteiger partial charge in [-0.25, -0.2) is 26.5 Å². The van der Waals surface area contributed by atoms with Crippen LogP contribution in [0, 0.1) is 12.8 Å². The van der Waals surface area contributed by atoms with E-state index >= 15 is 0 Å². The SMILES string of the molecule is Cc1ccc(Cn2nnc3c(=O)[nH]c([C@@H]4CCCN(S(=O)(=O)c5ccc(S(=O)(=O)N6CCC(C)CC6)cc5)C4)nc32)cc1. The lowest BCUT2D eigenvalue weighted by Gasteiger charge is -2.31. The molecule has 6 rings (SSSR count). The van der Waals surface area contributed by atoms with Crippen LogP contribution in [-0.4, -0.2) is 76.6 Å². The fourth-order valence-corrected chi connectivity index (χ4v) is 8.73. The molecule has 2 aromatic carbocycles. The van der Waals surface area contributed by atoms with E-state index in [2.05, 4.69) is 22.2 Å². The quantitative estimate of drug-likeness (QED) is 0.329. The number of aromatic nitrogens is 5. The third kappa shape index (κ3) is 5.88. The van der Waals surface area contributed by atoms with E-state index < -0.39 is 25.6 Å². The van der Waals surface area contributed by atoms with Gasteiger partial charge in [-0.2, -0.15) is 8.61 Å². The summed E-state index contributed by atoms with van der Waals surface area (Å²) in [6, 6.07) is 13.4. The number of nitrogens with zero attached hydrogens (tertiary/aromatic N) is 6. The Hall–Kier alpha value is -3.46. The Morgan fingerprint density at radius 1 is 0.860 bits per heavy atom. The molecule has 43 heavy (non-hydrogen) atoms. The predicted octanol–water partition coefficient (Wildman–Crippen LogP) is 2.86. The van der Waals surface area contributed by atoms with Gasteiger partial charge in [0, 0.05) is 32.1 Å². The van der Waals surface area contributed by atoms with Crippen molar-refractivity contribution in [1.29, 1.82) is 0 Å². The molecule has 14 heteroatoms. The molecule has 2 fully saturated rings. The number of aryl methyl sites for hydroxylation is 1. The van der Waals surface area contributed by atoms with Crippen molar-refractivity contribution in [3.63, 3.8) is 0 Å². The summed E-state index contributed by atoms with van der Waals surface area (Å²) in [5, 5.41) is 8.17. The molecule has 1 atom stereocenters. The van der Waals surface area contributed by atoms with Gasteiger partial charge in [0.2, 0.25) is 20.0 Å². The second-order valence-electron chi connectivity index (χ2n) is 11.6. The first-order chi connectivity index (χ1) is 20.5. The van der Waals surface area contributed by atoms with Crippen LogP contribution in [0.15, 0.2) is 63.1 Å². The Morgan fingerprint density at radius 2 is 1.49 bits per heavy atom. The number of H-pyrrole nitrogens is 1. The summed E-state index contributed by atoms with van der Waals surface area (Å²) in [4.78, 5) is 20.5. The second kappa shape index (κ2) is 11.6. The Kier molecular flexibility index (Phi) is 7.96. The van der Waals surface area contributed by atoms with Crippen molar-refractivity contribution >= 4 is 31.2 Å². The average molecular weight is 626 g/mol. The monoisotopic (exact) mass is 625 g/mol. The van der Waals surface area contributed by atoms with Gasteiger partial charge in [-0.1, -0.05) is 42.0 Å². The van der Waals surface area contributed by atoms with E-state index in [0.717, 1.165) is 24.0 Å². The zero-order valence-corrected chi connectivity index (χ0v) is 25.8. The van der Waals surface area contributed by atoms with Crippen LogP contribution < -0.4 is 5.56 Å². The minimum absolute atomic E-state index is 0.0247. The minimum Gasteiger partial charge on any atom is -0.308 e. The highest BCUT2D eigenvalue weighted by Gasteiger charge is 2.33. The summed E-state index contributed by atoms with van der Waals surface area (Å²) in [7, 11) is -7.61. The number of piperidine rings is 2. The van der Waals surface area contributed by atoms with Gasteiger partial charge in [-0.05, 0) is 68.4 Å². The first-order valence-electron chi connectivity index (χ1n) is 14.5. The molecule has 12 nitrogen and oxygen atoms in total. The molecular formula is C29H35N7O5S2. The summed E-state index contributed by atoms with van der Waals surface area (Å²) in [5.74, 6) is 0.534. The van der Waals surface area contributed by atoms with Crippen LogP contribution in [0.3, 0.4) is 0 Å². The van der Waals surface area contributed by atoms with E-state index in [1.54, 1.807) is 4.68 Å². The van der Waals surface area contributed by atoms with E-state index in [0.29, 0.717) is 56.4 Å². The van der Waals surface area contributed by atoms with Gasteiger partial charge in [-0.3, -0.25) is 4.79 Å². The van der Waals surface area contributed by atoms with Crippen LogP contribution in [-0.2, 0) is 26.6 Å². The van der Waals surface area contributed by atoms with Crippen LogP contribution >= 0.6 is 0 Å². The van der Waals surface area contributed by atoms with E-state index in [-0.39, 0.29) is 27.8 Å². The summed E-state index contributed by atoms with van der Waals surface area (Å²) < 4.78 is 57.9. The molecule has 0 aliphatic carbocycles. The molecule has 2 saturated heterocycles. The van der Waals surface area contributed by atoms with E-state index in [4.69, 9.17) is 4.98 Å². The Morgan fingerprint density at radius 3 is 2.14 bits per heavy atom. The number of benzene rings is 2. The van der Waals surface area contributed by atoms with Crippen LogP contribution in [0.5, 0.6) is 0 Å². The van der Waals surface area contributed by atoms with Crippen LogP contribution in [0.25, 0.3) is 11.2 Å². The Labute approximate surface area is 250 Å². The van der Waals surface area contributed by atoms with Crippen molar-refractivity contribution in [1.82, 2.24) is 33.6 Å². The molecule has 4 heterocycles. The number of fused-ring (bicyclic) bond motifs is 1. The number of rotatable bonds is 7. The highest BCUT2D eigenvalue weighted by Crippen LogP contribution is 2.30. The van der Waals surface area contributed by atoms with Gasteiger partial charge in [-0.15, -0.1) is 5.10 Å². The van der Waals surface area contributed by atoms with Crippen molar-refractivity contribution in [3.05, 3.63) is 75.8 Å². The molecule has 2 aliphatic heterocycles. The van der Waals surface area contributed by atoms with Crippen LogP contribution in [0.2, 0.25) is 0 Å². The summed E-state index contributed by atoms with van der Waals surface area (Å²) in [5.41, 5.74) is 2.17. The fourth-order valence-electron chi connectivity index (χ4n) is 5.74. The number of hydrogen-bond donors (Lipinski definition) is 1. The maximum Gasteiger partial charge on any atom is 0.281 e. The predicted molar refractivity (Wildman–Crippen MR) is 161 cm³/mol. The lowest BCUT2D eigenvalue weighted by Crippen LogP contribution is -2.40. The van der Waals surface area contributed by atoms with E-state index in [1.807, 2.05) is 31.2 Å². The Bertz CT molecular complexity index is 1900. The molecule has 0 unspecified atom stereocenters. The lowest BCUT2D eigenvalue weighted by atomic mass is 9.99. The van der Waals surface area contributed by atoms with Gasteiger partial charge in [0.1, 0.15) is 5.82 Å². The van der Waals surface area contributed by atoms with Gasteiger partial charge in [0.05, 0.1) is 16.3 Å². The van der Waals surface area contributed by atoms with Crippen LogP contribution in [0.4, 0.5) is 0 Å². The largest absolute Gasteiger partial charge is 0.308 e. The normalized spacial score (nSPS) is 19.6. The molecule has 0 saturated carbocycles. The van der Waals surface area contributed by atoms with Crippen molar-refractivity contribution in [2.45, 2.75) is 61.8 Å². The average Bonchev–Trinajstić information content (AvgIpc) is 3.41. The smallest absolute Gasteiger partial charge is 0.281 e. The molecule has 0 amide bonds. The maximum absolute atomic E-state index is 13.6. The number of hydrogen-bond acceptors (Lipinski definition) is 8. The Balaban J connectivity index is 1.22. The molecule has 228 valence electrons. The van der Waals surface area contributed by atoms with E-state index in [1.165, 1.54) is 32.9 Å². The molecule has 2 aliphatic rings. The zero-order valence-electron chi connectivity index (χ0n) is 24.2.